The minimum atomic E-state index is -0.665. The first-order chi connectivity index (χ1) is 17.8. The molecule has 2 heterocycles. The Morgan fingerprint density at radius 2 is 1.89 bits per heavy atom. The van der Waals surface area contributed by atoms with Crippen LogP contribution in [0.3, 0.4) is 0 Å². The van der Waals surface area contributed by atoms with Crippen molar-refractivity contribution in [1.82, 2.24) is 20.9 Å². The van der Waals surface area contributed by atoms with Gasteiger partial charge in [-0.3, -0.25) is 14.4 Å². The van der Waals surface area contributed by atoms with Crippen LogP contribution in [0.5, 0.6) is 0 Å². The van der Waals surface area contributed by atoms with Gasteiger partial charge < -0.3 is 20.9 Å². The Hall–Kier alpha value is -2.58. The van der Waals surface area contributed by atoms with Gasteiger partial charge in [-0.2, -0.15) is 0 Å². The molecule has 2 aliphatic heterocycles. The highest BCUT2D eigenvalue weighted by atomic mass is 32.2. The quantitative estimate of drug-likeness (QED) is 0.431. The zero-order chi connectivity index (χ0) is 26.6. The van der Waals surface area contributed by atoms with Crippen LogP contribution in [0, 0.1) is 5.41 Å². The Balaban J connectivity index is 1.67. The average Bonchev–Trinajstić information content (AvgIpc) is 3.13. The van der Waals surface area contributed by atoms with E-state index in [4.69, 9.17) is 0 Å². The van der Waals surface area contributed by atoms with E-state index >= 15 is 0 Å². The number of likely N-dealkylation sites (N-methyl/N-ethyl adjacent to an activating group) is 1. The van der Waals surface area contributed by atoms with Crippen LogP contribution in [0.1, 0.15) is 62.6 Å². The van der Waals surface area contributed by atoms with Crippen molar-refractivity contribution in [2.75, 3.05) is 12.8 Å². The molecule has 0 bridgehead atoms. The number of thioether (sulfide) groups is 1. The fourth-order valence-corrected chi connectivity index (χ4v) is 7.70. The molecular weight excluding hydrogens is 484 g/mol. The van der Waals surface area contributed by atoms with Crippen molar-refractivity contribution < 1.29 is 14.4 Å². The van der Waals surface area contributed by atoms with Gasteiger partial charge >= 0.3 is 0 Å². The van der Waals surface area contributed by atoms with Crippen molar-refractivity contribution in [2.45, 2.75) is 81.4 Å². The Labute approximate surface area is 224 Å². The predicted octanol–water partition coefficient (Wildman–Crippen LogP) is 3.48. The molecule has 1 aromatic carbocycles. The summed E-state index contributed by atoms with van der Waals surface area (Å²) in [5.74, 6) is 0.212. The molecule has 2 saturated heterocycles. The Morgan fingerprint density at radius 3 is 2.59 bits per heavy atom. The molecule has 1 aromatic rings. The molecule has 0 aromatic heterocycles. The van der Waals surface area contributed by atoms with E-state index in [9.17, 15) is 14.4 Å². The molecule has 3 N–H and O–H groups in total. The lowest BCUT2D eigenvalue weighted by Crippen LogP contribution is -2.58. The molecule has 0 spiro atoms. The third kappa shape index (κ3) is 5.50. The fraction of sp³-hybridized carbons (Fsp3) is 0.552. The zero-order valence-electron chi connectivity index (χ0n) is 22.0. The standard InChI is InChI=1S/C29H40N4O3S/c1-5-15-29(16-6-2)18-24-33(28(36)23(14-17-37-24)32-26(34)19(3)30-4)25(29)27(35)31-22-13-9-11-20-10-7-8-12-21(20)22/h5-8,10,12,19,22-25,30H,1-2,9,11,13-18H2,3-4H3,(H,31,35)(H,32,34)/t19-,22+,23-,24-,25+/m0/s1. The smallest absolute Gasteiger partial charge is 0.246 e. The summed E-state index contributed by atoms with van der Waals surface area (Å²) in [6, 6.07) is 6.47. The number of nitrogens with one attached hydrogen (secondary N) is 3. The Morgan fingerprint density at radius 1 is 1.16 bits per heavy atom. The van der Waals surface area contributed by atoms with Crippen LogP contribution in [-0.4, -0.2) is 58.9 Å². The SMILES string of the molecule is C=CCC1(CC=C)C[C@@H]2SCC[C@H](NC(=O)[C@H](C)NC)C(=O)N2[C@@H]1C(=O)N[C@@H]1CCCc2ccccc21. The molecule has 8 heteroatoms. The monoisotopic (exact) mass is 524 g/mol. The first-order valence-electron chi connectivity index (χ1n) is 13.4. The second-order valence-electron chi connectivity index (χ2n) is 10.5. The van der Waals surface area contributed by atoms with E-state index in [2.05, 4.69) is 41.2 Å². The van der Waals surface area contributed by atoms with E-state index in [-0.39, 0.29) is 29.1 Å². The largest absolute Gasteiger partial charge is 0.347 e. The molecule has 4 rings (SSSR count). The lowest BCUT2D eigenvalue weighted by molar-refractivity contribution is -0.144. The molecule has 37 heavy (non-hydrogen) atoms. The van der Waals surface area contributed by atoms with E-state index in [0.717, 1.165) is 30.6 Å². The van der Waals surface area contributed by atoms with Crippen molar-refractivity contribution in [3.8, 4) is 0 Å². The third-order valence-electron chi connectivity index (χ3n) is 8.20. The topological polar surface area (TPSA) is 90.5 Å². The molecule has 3 aliphatic rings. The zero-order valence-corrected chi connectivity index (χ0v) is 22.8. The van der Waals surface area contributed by atoms with Gasteiger partial charge in [0.1, 0.15) is 12.1 Å². The lowest BCUT2D eigenvalue weighted by Gasteiger charge is -2.38. The van der Waals surface area contributed by atoms with Crippen LogP contribution >= 0.6 is 11.8 Å². The van der Waals surface area contributed by atoms with Crippen molar-refractivity contribution in [3.63, 3.8) is 0 Å². The molecular formula is C29H40N4O3S. The average molecular weight is 525 g/mol. The highest BCUT2D eigenvalue weighted by Gasteiger charge is 2.57. The number of carbonyl (C=O) groups excluding carboxylic acids is 3. The summed E-state index contributed by atoms with van der Waals surface area (Å²) in [4.78, 5) is 42.7. The summed E-state index contributed by atoms with van der Waals surface area (Å²) >= 11 is 1.70. The maximum absolute atomic E-state index is 14.2. The summed E-state index contributed by atoms with van der Waals surface area (Å²) in [6.07, 6.45) is 9.05. The maximum atomic E-state index is 14.2. The van der Waals surface area contributed by atoms with Gasteiger partial charge in [0.15, 0.2) is 0 Å². The first-order valence-corrected chi connectivity index (χ1v) is 14.4. The van der Waals surface area contributed by atoms with Crippen LogP contribution in [0.15, 0.2) is 49.6 Å². The van der Waals surface area contributed by atoms with Gasteiger partial charge in [-0.25, -0.2) is 0 Å². The van der Waals surface area contributed by atoms with E-state index in [1.807, 2.05) is 24.3 Å². The lowest BCUT2D eigenvalue weighted by atomic mass is 9.73. The van der Waals surface area contributed by atoms with Crippen molar-refractivity contribution >= 4 is 29.5 Å². The van der Waals surface area contributed by atoms with Gasteiger partial charge in [0.2, 0.25) is 17.7 Å². The molecule has 1 aliphatic carbocycles. The minimum Gasteiger partial charge on any atom is -0.347 e. The highest BCUT2D eigenvalue weighted by Crippen LogP contribution is 2.51. The predicted molar refractivity (Wildman–Crippen MR) is 149 cm³/mol. The van der Waals surface area contributed by atoms with Gasteiger partial charge in [-0.15, -0.1) is 24.9 Å². The third-order valence-corrected chi connectivity index (χ3v) is 9.45. The number of fused-ring (bicyclic) bond motifs is 2. The number of hydrogen-bond acceptors (Lipinski definition) is 5. The number of carbonyl (C=O) groups is 3. The van der Waals surface area contributed by atoms with Gasteiger partial charge in [-0.05, 0) is 75.8 Å². The van der Waals surface area contributed by atoms with E-state index in [1.54, 1.807) is 30.6 Å². The highest BCUT2D eigenvalue weighted by molar-refractivity contribution is 7.99. The molecule has 5 atom stereocenters. The van der Waals surface area contributed by atoms with Gasteiger partial charge in [-0.1, -0.05) is 36.4 Å². The van der Waals surface area contributed by atoms with Crippen LogP contribution in [0.2, 0.25) is 0 Å². The summed E-state index contributed by atoms with van der Waals surface area (Å²) in [6.45, 7) is 9.74. The minimum absolute atomic E-state index is 0.0802. The normalized spacial score (nSPS) is 27.3. The number of aryl methyl sites for hydroxylation is 1. The van der Waals surface area contributed by atoms with Gasteiger partial charge in [0.05, 0.1) is 17.5 Å². The Bertz CT molecular complexity index is 1030. The molecule has 2 fully saturated rings. The van der Waals surface area contributed by atoms with Gasteiger partial charge in [0.25, 0.3) is 0 Å². The molecule has 200 valence electrons. The van der Waals surface area contributed by atoms with Crippen LogP contribution in [-0.2, 0) is 20.8 Å². The maximum Gasteiger partial charge on any atom is 0.246 e. The number of benzene rings is 1. The Kier molecular flexibility index (Phi) is 8.80. The number of rotatable bonds is 9. The van der Waals surface area contributed by atoms with Crippen LogP contribution in [0.4, 0.5) is 0 Å². The molecule has 3 amide bonds. The second kappa shape index (κ2) is 11.9. The van der Waals surface area contributed by atoms with Crippen LogP contribution < -0.4 is 16.0 Å². The number of amides is 3. The van der Waals surface area contributed by atoms with Crippen molar-refractivity contribution in [2.24, 2.45) is 5.41 Å². The van der Waals surface area contributed by atoms with E-state index in [1.165, 1.54) is 5.56 Å². The van der Waals surface area contributed by atoms with Gasteiger partial charge in [0, 0.05) is 5.41 Å². The summed E-state index contributed by atoms with van der Waals surface area (Å²) in [7, 11) is 1.72. The number of allylic oxidation sites excluding steroid dienone is 2. The summed E-state index contributed by atoms with van der Waals surface area (Å²) in [5, 5.41) is 9.07. The van der Waals surface area contributed by atoms with E-state index in [0.29, 0.717) is 25.7 Å². The summed E-state index contributed by atoms with van der Waals surface area (Å²) < 4.78 is 0. The number of hydrogen-bond donors (Lipinski definition) is 3. The second-order valence-corrected chi connectivity index (χ2v) is 11.8. The van der Waals surface area contributed by atoms with Crippen LogP contribution in [0.25, 0.3) is 0 Å². The first kappa shape index (κ1) is 27.5. The molecule has 0 saturated carbocycles. The molecule has 0 radical (unpaired) electrons. The molecule has 7 nitrogen and oxygen atoms in total. The van der Waals surface area contributed by atoms with Crippen molar-refractivity contribution in [1.29, 1.82) is 0 Å². The molecule has 0 unspecified atom stereocenters. The number of nitrogens with zero attached hydrogens (tertiary/aromatic N) is 1. The van der Waals surface area contributed by atoms with Crippen molar-refractivity contribution in [3.05, 3.63) is 60.7 Å². The van der Waals surface area contributed by atoms with E-state index < -0.39 is 23.5 Å². The fourth-order valence-electron chi connectivity index (χ4n) is 6.22. The summed E-state index contributed by atoms with van der Waals surface area (Å²) in [5.41, 5.74) is 1.95.